The molecular formula is C13H23N3O. The number of nitrogens with one attached hydrogen (secondary N) is 1. The van der Waals surface area contributed by atoms with Crippen molar-refractivity contribution in [1.82, 2.24) is 10.2 Å². The molecule has 1 N–H and O–H groups in total. The van der Waals surface area contributed by atoms with Gasteiger partial charge in [0, 0.05) is 12.1 Å². The van der Waals surface area contributed by atoms with E-state index in [2.05, 4.69) is 23.2 Å². The second kappa shape index (κ2) is 6.02. The Hall–Kier alpha value is -1.08. The van der Waals surface area contributed by atoms with Gasteiger partial charge in [-0.15, -0.1) is 0 Å². The summed E-state index contributed by atoms with van der Waals surface area (Å²) in [6, 6.07) is 2.29. The van der Waals surface area contributed by atoms with E-state index in [9.17, 15) is 4.79 Å². The molecule has 1 unspecified atom stereocenters. The first-order chi connectivity index (χ1) is 7.96. The second-order valence-electron chi connectivity index (χ2n) is 5.49. The van der Waals surface area contributed by atoms with Gasteiger partial charge in [0.2, 0.25) is 5.91 Å². The summed E-state index contributed by atoms with van der Waals surface area (Å²) < 4.78 is 0. The van der Waals surface area contributed by atoms with E-state index in [0.717, 1.165) is 32.4 Å². The summed E-state index contributed by atoms with van der Waals surface area (Å²) >= 11 is 0. The molecule has 0 aromatic rings. The zero-order chi connectivity index (χ0) is 12.9. The highest BCUT2D eigenvalue weighted by atomic mass is 16.2. The van der Waals surface area contributed by atoms with Crippen LogP contribution in [0.3, 0.4) is 0 Å². The maximum atomic E-state index is 11.8. The van der Waals surface area contributed by atoms with Crippen LogP contribution in [0.1, 0.15) is 40.0 Å². The summed E-state index contributed by atoms with van der Waals surface area (Å²) in [5.41, 5.74) is -0.137. The fraction of sp³-hybridized carbons (Fsp3) is 0.846. The number of piperidine rings is 1. The second-order valence-corrected chi connectivity index (χ2v) is 5.49. The lowest BCUT2D eigenvalue weighted by molar-refractivity contribution is -0.124. The molecule has 0 bridgehead atoms. The van der Waals surface area contributed by atoms with Gasteiger partial charge in [0.25, 0.3) is 0 Å². The van der Waals surface area contributed by atoms with Crippen molar-refractivity contribution in [3.63, 3.8) is 0 Å². The highest BCUT2D eigenvalue weighted by Gasteiger charge is 2.23. The summed E-state index contributed by atoms with van der Waals surface area (Å²) in [5, 5.41) is 11.9. The Morgan fingerprint density at radius 2 is 2.29 bits per heavy atom. The van der Waals surface area contributed by atoms with E-state index in [1.54, 1.807) is 0 Å². The lowest BCUT2D eigenvalue weighted by Gasteiger charge is -2.31. The highest BCUT2D eigenvalue weighted by molar-refractivity contribution is 5.78. The van der Waals surface area contributed by atoms with E-state index in [1.165, 1.54) is 0 Å². The minimum atomic E-state index is -0.137. The Balaban J connectivity index is 2.39. The Morgan fingerprint density at radius 3 is 2.88 bits per heavy atom. The topological polar surface area (TPSA) is 56.1 Å². The fourth-order valence-corrected chi connectivity index (χ4v) is 2.01. The number of nitriles is 1. The Bertz CT molecular complexity index is 306. The molecule has 0 saturated carbocycles. The van der Waals surface area contributed by atoms with Gasteiger partial charge in [-0.3, -0.25) is 9.69 Å². The number of rotatable bonds is 4. The molecule has 1 heterocycles. The predicted octanol–water partition coefficient (Wildman–Crippen LogP) is 1.53. The molecule has 1 saturated heterocycles. The first-order valence-electron chi connectivity index (χ1n) is 6.40. The van der Waals surface area contributed by atoms with Crippen molar-refractivity contribution >= 4 is 5.91 Å². The zero-order valence-corrected chi connectivity index (χ0v) is 11.1. The lowest BCUT2D eigenvalue weighted by Crippen LogP contribution is -2.49. The minimum Gasteiger partial charge on any atom is -0.350 e. The molecule has 1 aliphatic rings. The predicted molar refractivity (Wildman–Crippen MR) is 67.3 cm³/mol. The molecule has 0 aromatic carbocycles. The molecule has 0 radical (unpaired) electrons. The number of hydrogen-bond donors (Lipinski definition) is 1. The SMILES string of the molecule is CCC(C)(C)NC(=O)CN1CCCC(C#N)C1. The zero-order valence-electron chi connectivity index (χ0n) is 11.1. The molecule has 4 nitrogen and oxygen atoms in total. The van der Waals surface area contributed by atoms with E-state index < -0.39 is 0 Å². The van der Waals surface area contributed by atoms with Gasteiger partial charge in [0.1, 0.15) is 0 Å². The van der Waals surface area contributed by atoms with Crippen LogP contribution in [0.15, 0.2) is 0 Å². The van der Waals surface area contributed by atoms with Crippen molar-refractivity contribution < 1.29 is 4.79 Å². The molecule has 1 rings (SSSR count). The maximum Gasteiger partial charge on any atom is 0.234 e. The average molecular weight is 237 g/mol. The molecule has 1 aliphatic heterocycles. The molecule has 0 aromatic heterocycles. The first-order valence-corrected chi connectivity index (χ1v) is 6.40. The fourth-order valence-electron chi connectivity index (χ4n) is 2.01. The van der Waals surface area contributed by atoms with Crippen molar-refractivity contribution in [2.75, 3.05) is 19.6 Å². The number of hydrogen-bond acceptors (Lipinski definition) is 3. The van der Waals surface area contributed by atoms with Gasteiger partial charge in [-0.05, 0) is 39.7 Å². The van der Waals surface area contributed by atoms with Crippen LogP contribution in [0.5, 0.6) is 0 Å². The molecular weight excluding hydrogens is 214 g/mol. The lowest BCUT2D eigenvalue weighted by atomic mass is 9.99. The van der Waals surface area contributed by atoms with Crippen LogP contribution < -0.4 is 5.32 Å². The molecule has 0 spiro atoms. The number of likely N-dealkylation sites (tertiary alicyclic amines) is 1. The molecule has 4 heteroatoms. The van der Waals surface area contributed by atoms with Crippen LogP contribution in [0.2, 0.25) is 0 Å². The Morgan fingerprint density at radius 1 is 1.59 bits per heavy atom. The van der Waals surface area contributed by atoms with Gasteiger partial charge in [0.05, 0.1) is 18.5 Å². The summed E-state index contributed by atoms with van der Waals surface area (Å²) in [4.78, 5) is 13.9. The summed E-state index contributed by atoms with van der Waals surface area (Å²) in [6.07, 6.45) is 2.90. The third-order valence-electron chi connectivity index (χ3n) is 3.42. The van der Waals surface area contributed by atoms with Crippen LogP contribution >= 0.6 is 0 Å². The van der Waals surface area contributed by atoms with Crippen LogP contribution in [0.4, 0.5) is 0 Å². The van der Waals surface area contributed by atoms with Crippen LogP contribution in [0, 0.1) is 17.2 Å². The molecule has 96 valence electrons. The number of carbonyl (C=O) groups is 1. The van der Waals surface area contributed by atoms with Crippen LogP contribution in [-0.4, -0.2) is 36.0 Å². The number of nitrogens with zero attached hydrogens (tertiary/aromatic N) is 2. The van der Waals surface area contributed by atoms with Crippen LogP contribution in [0.25, 0.3) is 0 Å². The Labute approximate surface area is 104 Å². The van der Waals surface area contributed by atoms with Gasteiger partial charge in [-0.25, -0.2) is 0 Å². The van der Waals surface area contributed by atoms with Gasteiger partial charge in [-0.1, -0.05) is 6.92 Å². The van der Waals surface area contributed by atoms with Crippen LogP contribution in [-0.2, 0) is 4.79 Å². The number of amides is 1. The van der Waals surface area contributed by atoms with Crippen molar-refractivity contribution in [2.45, 2.75) is 45.6 Å². The van der Waals surface area contributed by atoms with Gasteiger partial charge >= 0.3 is 0 Å². The van der Waals surface area contributed by atoms with E-state index in [4.69, 9.17) is 5.26 Å². The van der Waals surface area contributed by atoms with Crippen molar-refractivity contribution in [3.05, 3.63) is 0 Å². The summed E-state index contributed by atoms with van der Waals surface area (Å²) in [5.74, 6) is 0.158. The average Bonchev–Trinajstić information content (AvgIpc) is 2.28. The van der Waals surface area contributed by atoms with Crippen molar-refractivity contribution in [3.8, 4) is 6.07 Å². The molecule has 1 amide bonds. The molecule has 1 fully saturated rings. The monoisotopic (exact) mass is 237 g/mol. The highest BCUT2D eigenvalue weighted by Crippen LogP contribution is 2.15. The number of carbonyl (C=O) groups excluding carboxylic acids is 1. The van der Waals surface area contributed by atoms with E-state index in [-0.39, 0.29) is 17.4 Å². The van der Waals surface area contributed by atoms with Gasteiger partial charge in [-0.2, -0.15) is 5.26 Å². The summed E-state index contributed by atoms with van der Waals surface area (Å²) in [7, 11) is 0. The quantitative estimate of drug-likeness (QED) is 0.806. The standard InChI is InChI=1S/C13H23N3O/c1-4-13(2,3)15-12(17)10-16-7-5-6-11(8-14)9-16/h11H,4-7,9-10H2,1-3H3,(H,15,17). The van der Waals surface area contributed by atoms with Gasteiger partial charge < -0.3 is 5.32 Å². The molecule has 17 heavy (non-hydrogen) atoms. The van der Waals surface area contributed by atoms with Crippen molar-refractivity contribution in [2.24, 2.45) is 5.92 Å². The molecule has 0 aliphatic carbocycles. The third kappa shape index (κ3) is 4.74. The third-order valence-corrected chi connectivity index (χ3v) is 3.42. The summed E-state index contributed by atoms with van der Waals surface area (Å²) in [6.45, 7) is 8.20. The normalized spacial score (nSPS) is 21.9. The molecule has 1 atom stereocenters. The minimum absolute atomic E-state index is 0.0652. The van der Waals surface area contributed by atoms with E-state index in [1.807, 2.05) is 13.8 Å². The van der Waals surface area contributed by atoms with E-state index in [0.29, 0.717) is 6.54 Å². The first kappa shape index (κ1) is 14.0. The largest absolute Gasteiger partial charge is 0.350 e. The smallest absolute Gasteiger partial charge is 0.234 e. The van der Waals surface area contributed by atoms with Gasteiger partial charge in [0.15, 0.2) is 0 Å². The maximum absolute atomic E-state index is 11.8. The Kier molecular flexibility index (Phi) is 4.95. The van der Waals surface area contributed by atoms with Crippen molar-refractivity contribution in [1.29, 1.82) is 5.26 Å². The van der Waals surface area contributed by atoms with E-state index >= 15 is 0 Å².